The molecule has 5 aromatic rings. The Morgan fingerprint density at radius 3 is 3.00 bits per heavy atom. The van der Waals surface area contributed by atoms with E-state index in [2.05, 4.69) is 26.4 Å². The first-order valence-electron chi connectivity index (χ1n) is 12.4. The SMILES string of the molecule is Cn1cnc2cc(C(CC(=O)O)n3ncc4cc(OCCc5ccc6c(n5)CCCN6)ccc43)cnc21. The summed E-state index contributed by atoms with van der Waals surface area (Å²) in [5.74, 6) is -0.181. The van der Waals surface area contributed by atoms with Gasteiger partial charge in [0.15, 0.2) is 5.65 Å². The molecule has 0 saturated heterocycles. The Morgan fingerprint density at radius 2 is 2.11 bits per heavy atom. The average molecular weight is 498 g/mol. The van der Waals surface area contributed by atoms with Crippen LogP contribution in [0.15, 0.2) is 55.1 Å². The van der Waals surface area contributed by atoms with Crippen LogP contribution in [-0.2, 0) is 24.7 Å². The number of fused-ring (bicyclic) bond motifs is 3. The lowest BCUT2D eigenvalue weighted by Crippen LogP contribution is -2.16. The zero-order chi connectivity index (χ0) is 25.4. The van der Waals surface area contributed by atoms with Crippen LogP contribution in [-0.4, -0.2) is 53.5 Å². The molecule has 1 atom stereocenters. The Balaban J connectivity index is 1.21. The molecule has 0 fully saturated rings. The first kappa shape index (κ1) is 23.0. The lowest BCUT2D eigenvalue weighted by atomic mass is 10.1. The molecule has 0 spiro atoms. The van der Waals surface area contributed by atoms with Gasteiger partial charge in [-0.1, -0.05) is 0 Å². The molecular weight excluding hydrogens is 470 g/mol. The van der Waals surface area contributed by atoms with Crippen LogP contribution in [0.4, 0.5) is 5.69 Å². The van der Waals surface area contributed by atoms with Crippen LogP contribution < -0.4 is 10.1 Å². The minimum atomic E-state index is -0.915. The number of ether oxygens (including phenoxy) is 1. The maximum Gasteiger partial charge on any atom is 0.305 e. The predicted molar refractivity (Wildman–Crippen MR) is 139 cm³/mol. The minimum absolute atomic E-state index is 0.127. The van der Waals surface area contributed by atoms with Gasteiger partial charge in [0.05, 0.1) is 48.5 Å². The average Bonchev–Trinajstić information content (AvgIpc) is 3.50. The molecule has 10 heteroatoms. The summed E-state index contributed by atoms with van der Waals surface area (Å²) < 4.78 is 9.59. The van der Waals surface area contributed by atoms with Crippen molar-refractivity contribution in [2.24, 2.45) is 7.05 Å². The van der Waals surface area contributed by atoms with E-state index in [9.17, 15) is 9.90 Å². The van der Waals surface area contributed by atoms with Gasteiger partial charge in [-0.15, -0.1) is 0 Å². The fourth-order valence-corrected chi connectivity index (χ4v) is 4.88. The zero-order valence-corrected chi connectivity index (χ0v) is 20.5. The molecular formula is C27H27N7O3. The number of nitrogens with zero attached hydrogens (tertiary/aromatic N) is 6. The highest BCUT2D eigenvalue weighted by atomic mass is 16.5. The highest BCUT2D eigenvalue weighted by Gasteiger charge is 2.22. The third-order valence-corrected chi connectivity index (χ3v) is 6.75. The summed E-state index contributed by atoms with van der Waals surface area (Å²) in [7, 11) is 1.87. The monoisotopic (exact) mass is 497 g/mol. The largest absolute Gasteiger partial charge is 0.493 e. The number of aliphatic carboxylic acids is 1. The van der Waals surface area contributed by atoms with Gasteiger partial charge in [0, 0.05) is 37.3 Å². The van der Waals surface area contributed by atoms with Gasteiger partial charge in [-0.2, -0.15) is 5.10 Å². The molecule has 1 aromatic carbocycles. The molecule has 0 amide bonds. The fourth-order valence-electron chi connectivity index (χ4n) is 4.88. The molecule has 6 rings (SSSR count). The van der Waals surface area contributed by atoms with Crippen LogP contribution in [0.2, 0.25) is 0 Å². The maximum absolute atomic E-state index is 11.7. The molecule has 1 aliphatic rings. The molecule has 0 radical (unpaired) electrons. The molecule has 5 heterocycles. The molecule has 0 saturated carbocycles. The summed E-state index contributed by atoms with van der Waals surface area (Å²) in [6.07, 6.45) is 7.83. The van der Waals surface area contributed by atoms with E-state index in [4.69, 9.17) is 9.72 Å². The third-order valence-electron chi connectivity index (χ3n) is 6.75. The van der Waals surface area contributed by atoms with Gasteiger partial charge in [-0.3, -0.25) is 14.5 Å². The number of hydrogen-bond donors (Lipinski definition) is 2. The number of rotatable bonds is 8. The summed E-state index contributed by atoms with van der Waals surface area (Å²) in [5, 5.41) is 18.4. The van der Waals surface area contributed by atoms with Gasteiger partial charge in [0.1, 0.15) is 11.3 Å². The van der Waals surface area contributed by atoms with E-state index in [1.54, 1.807) is 23.4 Å². The molecule has 10 nitrogen and oxygen atoms in total. The lowest BCUT2D eigenvalue weighted by molar-refractivity contribution is -0.137. The standard InChI is InChI=1S/C27H27N7O3/c1-33-16-30-23-12-18(14-29-27(23)33)25(13-26(35)36)34-24-7-5-20(11-17(24)15-31-34)37-10-8-19-4-6-21-22(32-19)3-2-9-28-21/h4-7,11-12,14-16,25,28H,2-3,8-10,13H2,1H3,(H,35,36). The van der Waals surface area contributed by atoms with Gasteiger partial charge in [0.25, 0.3) is 0 Å². The van der Waals surface area contributed by atoms with Crippen LogP contribution >= 0.6 is 0 Å². The Bertz CT molecular complexity index is 1610. The summed E-state index contributed by atoms with van der Waals surface area (Å²) in [5.41, 5.74) is 6.31. The van der Waals surface area contributed by atoms with Gasteiger partial charge < -0.3 is 19.7 Å². The Hall–Kier alpha value is -4.47. The smallest absolute Gasteiger partial charge is 0.305 e. The van der Waals surface area contributed by atoms with Gasteiger partial charge in [0.2, 0.25) is 0 Å². The van der Waals surface area contributed by atoms with Crippen molar-refractivity contribution in [2.75, 3.05) is 18.5 Å². The number of nitrogens with one attached hydrogen (secondary N) is 1. The highest BCUT2D eigenvalue weighted by Crippen LogP contribution is 2.29. The van der Waals surface area contributed by atoms with Gasteiger partial charge >= 0.3 is 5.97 Å². The summed E-state index contributed by atoms with van der Waals surface area (Å²) in [4.78, 5) is 25.4. The minimum Gasteiger partial charge on any atom is -0.493 e. The summed E-state index contributed by atoms with van der Waals surface area (Å²) in [6.45, 7) is 1.51. The van der Waals surface area contributed by atoms with E-state index < -0.39 is 12.0 Å². The molecule has 0 bridgehead atoms. The van der Waals surface area contributed by atoms with E-state index >= 15 is 0 Å². The van der Waals surface area contributed by atoms with Crippen LogP contribution in [0, 0.1) is 0 Å². The van der Waals surface area contributed by atoms with Crippen molar-refractivity contribution in [3.05, 3.63) is 72.1 Å². The van der Waals surface area contributed by atoms with E-state index in [0.29, 0.717) is 18.5 Å². The second-order valence-electron chi connectivity index (χ2n) is 9.32. The normalized spacial score (nSPS) is 13.9. The van der Waals surface area contributed by atoms with Crippen LogP contribution in [0.5, 0.6) is 5.75 Å². The molecule has 1 unspecified atom stereocenters. The van der Waals surface area contributed by atoms with Crippen molar-refractivity contribution in [3.63, 3.8) is 0 Å². The molecule has 188 valence electrons. The topological polar surface area (TPSA) is 120 Å². The van der Waals surface area contributed by atoms with Crippen molar-refractivity contribution >= 4 is 33.7 Å². The number of aromatic nitrogens is 6. The van der Waals surface area contributed by atoms with Crippen molar-refractivity contribution in [1.82, 2.24) is 29.3 Å². The molecule has 0 aliphatic carbocycles. The highest BCUT2D eigenvalue weighted by molar-refractivity contribution is 5.81. The Kier molecular flexibility index (Phi) is 5.91. The van der Waals surface area contributed by atoms with Crippen LogP contribution in [0.25, 0.3) is 22.1 Å². The Labute approximate surface area is 212 Å². The number of imidazole rings is 1. The van der Waals surface area contributed by atoms with Crippen molar-refractivity contribution in [1.29, 1.82) is 0 Å². The summed E-state index contributed by atoms with van der Waals surface area (Å²) in [6, 6.07) is 11.3. The molecule has 2 N–H and O–H groups in total. The van der Waals surface area contributed by atoms with Crippen molar-refractivity contribution < 1.29 is 14.6 Å². The number of benzene rings is 1. The fraction of sp³-hybridized carbons (Fsp3) is 0.296. The number of pyridine rings is 2. The number of carbonyl (C=O) groups is 1. The van der Waals surface area contributed by atoms with Crippen LogP contribution in [0.3, 0.4) is 0 Å². The number of aryl methyl sites for hydroxylation is 2. The quantitative estimate of drug-likeness (QED) is 0.333. The van der Waals surface area contributed by atoms with Gasteiger partial charge in [-0.05, 0) is 54.8 Å². The van der Waals surface area contributed by atoms with E-state index in [1.807, 2.05) is 41.9 Å². The number of hydrogen-bond acceptors (Lipinski definition) is 7. The third kappa shape index (κ3) is 4.57. The summed E-state index contributed by atoms with van der Waals surface area (Å²) >= 11 is 0. The van der Waals surface area contributed by atoms with E-state index in [0.717, 1.165) is 64.3 Å². The predicted octanol–water partition coefficient (Wildman–Crippen LogP) is 3.76. The second kappa shape index (κ2) is 9.53. The van der Waals surface area contributed by atoms with Gasteiger partial charge in [-0.25, -0.2) is 9.97 Å². The first-order chi connectivity index (χ1) is 18.0. The van der Waals surface area contributed by atoms with E-state index in [-0.39, 0.29) is 6.42 Å². The van der Waals surface area contributed by atoms with E-state index in [1.165, 1.54) is 0 Å². The maximum atomic E-state index is 11.7. The number of carboxylic acids is 1. The Morgan fingerprint density at radius 1 is 1.19 bits per heavy atom. The lowest BCUT2D eigenvalue weighted by Gasteiger charge is -2.18. The molecule has 37 heavy (non-hydrogen) atoms. The number of anilines is 1. The van der Waals surface area contributed by atoms with Crippen LogP contribution in [0.1, 0.15) is 35.8 Å². The van der Waals surface area contributed by atoms with Crippen molar-refractivity contribution in [3.8, 4) is 5.75 Å². The molecule has 4 aromatic heterocycles. The zero-order valence-electron chi connectivity index (χ0n) is 20.5. The second-order valence-corrected chi connectivity index (χ2v) is 9.32. The first-order valence-corrected chi connectivity index (χ1v) is 12.4. The number of carboxylic acid groups (broad SMARTS) is 1. The molecule has 1 aliphatic heterocycles. The van der Waals surface area contributed by atoms with Crippen molar-refractivity contribution in [2.45, 2.75) is 31.7 Å².